The van der Waals surface area contributed by atoms with Gasteiger partial charge in [0.1, 0.15) is 34.8 Å². The Balaban J connectivity index is 1.68. The molecule has 1 amide bonds. The third kappa shape index (κ3) is 4.59. The van der Waals surface area contributed by atoms with Crippen molar-refractivity contribution in [3.05, 3.63) is 83.7 Å². The molecular formula is C25H27N5O4. The third-order valence-electron chi connectivity index (χ3n) is 5.50. The van der Waals surface area contributed by atoms with Gasteiger partial charge in [-0.05, 0) is 48.4 Å². The van der Waals surface area contributed by atoms with E-state index in [1.54, 1.807) is 50.5 Å². The quantitative estimate of drug-likeness (QED) is 0.432. The van der Waals surface area contributed by atoms with Crippen LogP contribution < -0.4 is 19.5 Å². The minimum Gasteiger partial charge on any atom is -0.497 e. The van der Waals surface area contributed by atoms with Crippen molar-refractivity contribution in [2.24, 2.45) is 7.05 Å². The Kier molecular flexibility index (Phi) is 6.53. The van der Waals surface area contributed by atoms with Crippen molar-refractivity contribution in [2.75, 3.05) is 21.3 Å². The number of nitrogens with zero attached hydrogens (tertiary/aromatic N) is 4. The maximum Gasteiger partial charge on any atom is 0.272 e. The van der Waals surface area contributed by atoms with Gasteiger partial charge in [0.15, 0.2) is 5.69 Å². The Morgan fingerprint density at radius 3 is 2.32 bits per heavy atom. The molecule has 1 atom stereocenters. The molecule has 2 heterocycles. The lowest BCUT2D eigenvalue weighted by Gasteiger charge is -2.20. The number of imidazole rings is 1. The van der Waals surface area contributed by atoms with Gasteiger partial charge in [0.2, 0.25) is 0 Å². The molecule has 9 nitrogen and oxygen atoms in total. The Morgan fingerprint density at radius 1 is 0.971 bits per heavy atom. The number of aryl methyl sites for hydroxylation is 2. The van der Waals surface area contributed by atoms with Crippen molar-refractivity contribution in [1.82, 2.24) is 24.6 Å². The van der Waals surface area contributed by atoms with E-state index in [1.807, 2.05) is 55.1 Å². The van der Waals surface area contributed by atoms with Gasteiger partial charge in [0.25, 0.3) is 5.91 Å². The zero-order valence-electron chi connectivity index (χ0n) is 19.8. The molecule has 176 valence electrons. The topological polar surface area (TPSA) is 92.4 Å². The van der Waals surface area contributed by atoms with Crippen molar-refractivity contribution in [3.63, 3.8) is 0 Å². The number of carbonyl (C=O) groups is 1. The highest BCUT2D eigenvalue weighted by Gasteiger charge is 2.24. The third-order valence-corrected chi connectivity index (χ3v) is 5.50. The van der Waals surface area contributed by atoms with Crippen molar-refractivity contribution >= 4 is 5.91 Å². The summed E-state index contributed by atoms with van der Waals surface area (Å²) >= 11 is 0. The second kappa shape index (κ2) is 9.70. The molecule has 0 saturated carbocycles. The van der Waals surface area contributed by atoms with Crippen LogP contribution in [-0.2, 0) is 7.05 Å². The average Bonchev–Trinajstić information content (AvgIpc) is 3.51. The van der Waals surface area contributed by atoms with E-state index in [9.17, 15) is 4.79 Å². The molecule has 4 rings (SSSR count). The lowest BCUT2D eigenvalue weighted by Crippen LogP contribution is -2.31. The fourth-order valence-electron chi connectivity index (χ4n) is 3.71. The zero-order valence-corrected chi connectivity index (χ0v) is 19.8. The Labute approximate surface area is 197 Å². The van der Waals surface area contributed by atoms with Gasteiger partial charge in [0.05, 0.1) is 21.3 Å². The lowest BCUT2D eigenvalue weighted by molar-refractivity contribution is 0.0935. The molecule has 0 saturated heterocycles. The summed E-state index contributed by atoms with van der Waals surface area (Å²) in [5, 5.41) is 7.56. The summed E-state index contributed by atoms with van der Waals surface area (Å²) in [6.07, 6.45) is 5.24. The molecule has 0 aliphatic carbocycles. The number of hydrogen-bond acceptors (Lipinski definition) is 6. The lowest BCUT2D eigenvalue weighted by atomic mass is 10.0. The van der Waals surface area contributed by atoms with E-state index in [0.29, 0.717) is 23.1 Å². The number of nitrogens with one attached hydrogen (secondary N) is 1. The summed E-state index contributed by atoms with van der Waals surface area (Å²) in [4.78, 5) is 17.8. The number of carbonyl (C=O) groups excluding carboxylic acids is 1. The predicted octanol–water partition coefficient (Wildman–Crippen LogP) is 3.46. The summed E-state index contributed by atoms with van der Waals surface area (Å²) in [7, 11) is 6.64. The number of hydrogen-bond donors (Lipinski definition) is 1. The van der Waals surface area contributed by atoms with Gasteiger partial charge in [-0.15, -0.1) is 0 Å². The Morgan fingerprint density at radius 2 is 1.71 bits per heavy atom. The van der Waals surface area contributed by atoms with Crippen molar-refractivity contribution in [2.45, 2.75) is 13.0 Å². The highest BCUT2D eigenvalue weighted by atomic mass is 16.5. The van der Waals surface area contributed by atoms with E-state index in [4.69, 9.17) is 14.2 Å². The maximum atomic E-state index is 13.3. The largest absolute Gasteiger partial charge is 0.497 e. The summed E-state index contributed by atoms with van der Waals surface area (Å²) in [6, 6.07) is 12.4. The molecule has 4 aromatic rings. The summed E-state index contributed by atoms with van der Waals surface area (Å²) < 4.78 is 19.8. The van der Waals surface area contributed by atoms with Crippen LogP contribution in [0.25, 0.3) is 5.69 Å². The standard InChI is InChI=1S/C25H27N5O4/c1-16-6-7-22(34-5)21(12-16)30-10-8-20(28-30)25(31)27-23(24-26-9-11-29(24)2)17-13-18(32-3)15-19(14-17)33-4/h6-15,23H,1-5H3,(H,27,31). The van der Waals surface area contributed by atoms with E-state index in [0.717, 1.165) is 16.8 Å². The second-order valence-corrected chi connectivity index (χ2v) is 7.77. The van der Waals surface area contributed by atoms with Gasteiger partial charge in [0, 0.05) is 31.7 Å². The average molecular weight is 462 g/mol. The van der Waals surface area contributed by atoms with Crippen LogP contribution in [0.4, 0.5) is 0 Å². The minimum absolute atomic E-state index is 0.262. The van der Waals surface area contributed by atoms with Gasteiger partial charge >= 0.3 is 0 Å². The van der Waals surface area contributed by atoms with Crippen LogP contribution in [0.3, 0.4) is 0 Å². The first-order valence-electron chi connectivity index (χ1n) is 10.6. The molecule has 2 aromatic heterocycles. The van der Waals surface area contributed by atoms with Crippen LogP contribution in [0.2, 0.25) is 0 Å². The van der Waals surface area contributed by atoms with Crippen molar-refractivity contribution < 1.29 is 19.0 Å². The van der Waals surface area contributed by atoms with Crippen molar-refractivity contribution in [3.8, 4) is 22.9 Å². The van der Waals surface area contributed by atoms with Crippen LogP contribution in [0, 0.1) is 6.92 Å². The highest BCUT2D eigenvalue weighted by molar-refractivity contribution is 5.92. The molecule has 0 aliphatic rings. The highest BCUT2D eigenvalue weighted by Crippen LogP contribution is 2.30. The fraction of sp³-hybridized carbons (Fsp3) is 0.240. The molecule has 34 heavy (non-hydrogen) atoms. The smallest absolute Gasteiger partial charge is 0.272 e. The number of benzene rings is 2. The van der Waals surface area contributed by atoms with Crippen LogP contribution in [0.5, 0.6) is 17.2 Å². The molecule has 9 heteroatoms. The van der Waals surface area contributed by atoms with Crippen LogP contribution in [0.1, 0.15) is 33.5 Å². The Hall–Kier alpha value is -4.27. The molecule has 2 aromatic carbocycles. The Bertz CT molecular complexity index is 1290. The monoisotopic (exact) mass is 461 g/mol. The second-order valence-electron chi connectivity index (χ2n) is 7.77. The van der Waals surface area contributed by atoms with E-state index >= 15 is 0 Å². The van der Waals surface area contributed by atoms with Gasteiger partial charge in [-0.3, -0.25) is 4.79 Å². The molecule has 0 fully saturated rings. The fourth-order valence-corrected chi connectivity index (χ4v) is 3.71. The van der Waals surface area contributed by atoms with Crippen LogP contribution in [0.15, 0.2) is 61.1 Å². The first kappa shape index (κ1) is 22.9. The van der Waals surface area contributed by atoms with Crippen LogP contribution >= 0.6 is 0 Å². The molecule has 0 aliphatic heterocycles. The normalized spacial score (nSPS) is 11.7. The molecule has 1 N–H and O–H groups in total. The van der Waals surface area contributed by atoms with Crippen molar-refractivity contribution in [1.29, 1.82) is 0 Å². The zero-order chi connectivity index (χ0) is 24.2. The molecule has 1 unspecified atom stereocenters. The molecule has 0 bridgehead atoms. The van der Waals surface area contributed by atoms with E-state index < -0.39 is 6.04 Å². The minimum atomic E-state index is -0.560. The maximum absolute atomic E-state index is 13.3. The molecular weight excluding hydrogens is 434 g/mol. The molecule has 0 spiro atoms. The number of rotatable bonds is 8. The number of ether oxygens (including phenoxy) is 3. The van der Waals surface area contributed by atoms with Gasteiger partial charge in [-0.1, -0.05) is 6.07 Å². The van der Waals surface area contributed by atoms with E-state index in [1.165, 1.54) is 0 Å². The predicted molar refractivity (Wildman–Crippen MR) is 127 cm³/mol. The summed E-state index contributed by atoms with van der Waals surface area (Å²) in [5.74, 6) is 2.19. The first-order chi connectivity index (χ1) is 16.4. The number of amides is 1. The van der Waals surface area contributed by atoms with E-state index in [2.05, 4.69) is 15.4 Å². The van der Waals surface area contributed by atoms with E-state index in [-0.39, 0.29) is 11.6 Å². The summed E-state index contributed by atoms with van der Waals surface area (Å²) in [6.45, 7) is 1.99. The van der Waals surface area contributed by atoms with Gasteiger partial charge in [-0.25, -0.2) is 9.67 Å². The first-order valence-corrected chi connectivity index (χ1v) is 10.6. The number of aromatic nitrogens is 4. The number of methoxy groups -OCH3 is 3. The summed E-state index contributed by atoms with van der Waals surface area (Å²) in [5.41, 5.74) is 2.83. The molecule has 0 radical (unpaired) electrons. The van der Waals surface area contributed by atoms with Gasteiger partial charge < -0.3 is 24.1 Å². The van der Waals surface area contributed by atoms with Crippen LogP contribution in [-0.4, -0.2) is 46.6 Å². The van der Waals surface area contributed by atoms with Gasteiger partial charge in [-0.2, -0.15) is 5.10 Å². The SMILES string of the molecule is COc1cc(OC)cc(C(NC(=O)c2ccn(-c3cc(C)ccc3OC)n2)c2nccn2C)c1.